The van der Waals surface area contributed by atoms with E-state index in [0.29, 0.717) is 11.9 Å². The van der Waals surface area contributed by atoms with Crippen molar-refractivity contribution in [2.75, 3.05) is 5.32 Å². The van der Waals surface area contributed by atoms with E-state index >= 15 is 0 Å². The SMILES string of the molecule is Cc1cc2c(NC3CC3)nc(-c3ccc(O)cc3)nc2n1SI. The Labute approximate surface area is 150 Å². The molecule has 5 nitrogen and oxygen atoms in total. The van der Waals surface area contributed by atoms with Gasteiger partial charge in [-0.3, -0.25) is 3.97 Å². The monoisotopic (exact) mass is 438 g/mol. The fourth-order valence-electron chi connectivity index (χ4n) is 2.54. The Kier molecular flexibility index (Phi) is 3.84. The number of nitrogens with one attached hydrogen (secondary N) is 1. The van der Waals surface area contributed by atoms with Crippen molar-refractivity contribution in [1.29, 1.82) is 0 Å². The Hall–Kier alpha value is -1.48. The molecule has 2 heterocycles. The number of aryl methyl sites for hydroxylation is 1. The van der Waals surface area contributed by atoms with E-state index in [9.17, 15) is 5.11 Å². The molecule has 0 atom stereocenters. The van der Waals surface area contributed by atoms with Crippen LogP contribution in [0.1, 0.15) is 18.5 Å². The first-order valence-corrected chi connectivity index (χ1v) is 10.7. The van der Waals surface area contributed by atoms with Crippen LogP contribution in [0.4, 0.5) is 5.82 Å². The van der Waals surface area contributed by atoms with E-state index in [1.165, 1.54) is 12.8 Å². The largest absolute Gasteiger partial charge is 0.508 e. The second-order valence-corrected chi connectivity index (χ2v) is 7.43. The van der Waals surface area contributed by atoms with Crippen LogP contribution in [0.25, 0.3) is 22.4 Å². The molecule has 1 aromatic carbocycles. The zero-order valence-electron chi connectivity index (χ0n) is 12.5. The molecule has 2 N–H and O–H groups in total. The Morgan fingerprint density at radius 2 is 2.00 bits per heavy atom. The molecule has 0 unspecified atom stereocenters. The molecular formula is C16H15IN4OS. The minimum Gasteiger partial charge on any atom is -0.508 e. The summed E-state index contributed by atoms with van der Waals surface area (Å²) in [6, 6.07) is 9.66. The van der Waals surface area contributed by atoms with E-state index in [0.717, 1.165) is 28.1 Å². The summed E-state index contributed by atoms with van der Waals surface area (Å²) in [4.78, 5) is 9.50. The zero-order valence-corrected chi connectivity index (χ0v) is 15.4. The average Bonchev–Trinajstić information content (AvgIpc) is 3.29. The lowest BCUT2D eigenvalue weighted by Gasteiger charge is -2.09. The number of halogens is 1. The Morgan fingerprint density at radius 3 is 2.65 bits per heavy atom. The Bertz CT molecular complexity index is 874. The van der Waals surface area contributed by atoms with Gasteiger partial charge in [-0.15, -0.1) is 0 Å². The molecule has 1 aliphatic carbocycles. The van der Waals surface area contributed by atoms with Gasteiger partial charge in [0.2, 0.25) is 0 Å². The smallest absolute Gasteiger partial charge is 0.163 e. The van der Waals surface area contributed by atoms with E-state index in [1.54, 1.807) is 21.3 Å². The molecule has 0 bridgehead atoms. The van der Waals surface area contributed by atoms with Gasteiger partial charge in [0.1, 0.15) is 11.6 Å². The van der Waals surface area contributed by atoms with Crippen LogP contribution in [-0.4, -0.2) is 25.1 Å². The summed E-state index contributed by atoms with van der Waals surface area (Å²) in [6.45, 7) is 2.08. The number of aromatic nitrogens is 3. The van der Waals surface area contributed by atoms with Gasteiger partial charge in [-0.25, -0.2) is 9.97 Å². The molecule has 1 saturated carbocycles. The molecule has 0 amide bonds. The Morgan fingerprint density at radius 1 is 1.26 bits per heavy atom. The van der Waals surface area contributed by atoms with E-state index in [2.05, 4.69) is 43.5 Å². The van der Waals surface area contributed by atoms with E-state index < -0.39 is 0 Å². The molecule has 4 rings (SSSR count). The number of anilines is 1. The molecule has 1 fully saturated rings. The number of aromatic hydroxyl groups is 1. The predicted molar refractivity (Wildman–Crippen MR) is 103 cm³/mol. The maximum Gasteiger partial charge on any atom is 0.163 e. The van der Waals surface area contributed by atoms with Gasteiger partial charge >= 0.3 is 0 Å². The first kappa shape index (κ1) is 15.1. The number of phenols is 1. The van der Waals surface area contributed by atoms with Gasteiger partial charge in [0.05, 0.1) is 5.39 Å². The second kappa shape index (κ2) is 5.86. The standard InChI is InChI=1S/C16H15IN4OS/c1-9-8-13-15(18-11-4-5-11)19-14(20-16(13)21(9)23-17)10-2-6-12(22)7-3-10/h2-3,6-8,11,22H,4-5H2,1H3,(H,18,19,20). The first-order chi connectivity index (χ1) is 11.2. The minimum atomic E-state index is 0.244. The average molecular weight is 438 g/mol. The molecule has 118 valence electrons. The second-order valence-electron chi connectivity index (χ2n) is 5.75. The van der Waals surface area contributed by atoms with Crippen molar-refractivity contribution in [3.63, 3.8) is 0 Å². The number of benzene rings is 1. The van der Waals surface area contributed by atoms with Crippen molar-refractivity contribution in [3.05, 3.63) is 36.0 Å². The van der Waals surface area contributed by atoms with Gasteiger partial charge in [-0.1, -0.05) is 0 Å². The number of phenolic OH excluding ortho intramolecular Hbond substituents is 1. The summed E-state index contributed by atoms with van der Waals surface area (Å²) in [5.41, 5.74) is 2.96. The third-order valence-electron chi connectivity index (χ3n) is 3.90. The number of hydrogen-bond donors (Lipinski definition) is 2. The number of rotatable bonds is 4. The summed E-state index contributed by atoms with van der Waals surface area (Å²) in [6.07, 6.45) is 2.39. The third-order valence-corrected chi connectivity index (χ3v) is 5.68. The molecule has 0 radical (unpaired) electrons. The molecule has 0 saturated heterocycles. The van der Waals surface area contributed by atoms with Crippen LogP contribution in [-0.2, 0) is 0 Å². The quantitative estimate of drug-likeness (QED) is 0.586. The molecule has 23 heavy (non-hydrogen) atoms. The van der Waals surface area contributed by atoms with Gasteiger partial charge in [0.25, 0.3) is 0 Å². The van der Waals surface area contributed by atoms with Crippen LogP contribution in [0.5, 0.6) is 5.75 Å². The van der Waals surface area contributed by atoms with Crippen molar-refractivity contribution in [2.24, 2.45) is 0 Å². The highest BCUT2D eigenvalue weighted by atomic mass is 127. The Balaban J connectivity index is 1.91. The summed E-state index contributed by atoms with van der Waals surface area (Å²) in [5, 5.41) is 14.1. The highest BCUT2D eigenvalue weighted by molar-refractivity contribution is 14.2. The van der Waals surface area contributed by atoms with Crippen LogP contribution in [0.3, 0.4) is 0 Å². The predicted octanol–water partition coefficient (Wildman–Crippen LogP) is 4.53. The number of nitrogens with zero attached hydrogens (tertiary/aromatic N) is 3. The molecule has 2 aromatic heterocycles. The molecule has 3 aromatic rings. The van der Waals surface area contributed by atoms with E-state index in [4.69, 9.17) is 9.97 Å². The van der Waals surface area contributed by atoms with Crippen LogP contribution in [0.15, 0.2) is 30.3 Å². The van der Waals surface area contributed by atoms with Gasteiger partial charge in [0, 0.05) is 47.6 Å². The zero-order chi connectivity index (χ0) is 16.0. The van der Waals surface area contributed by atoms with Crippen LogP contribution in [0.2, 0.25) is 0 Å². The number of hydrogen-bond acceptors (Lipinski definition) is 5. The van der Waals surface area contributed by atoms with Gasteiger partial charge in [-0.05, 0) is 50.1 Å². The molecule has 7 heteroatoms. The van der Waals surface area contributed by atoms with Crippen LogP contribution in [0, 0.1) is 6.92 Å². The molecular weight excluding hydrogens is 423 g/mol. The van der Waals surface area contributed by atoms with Crippen molar-refractivity contribution in [1.82, 2.24) is 13.9 Å². The maximum absolute atomic E-state index is 9.48. The van der Waals surface area contributed by atoms with Crippen molar-refractivity contribution >= 4 is 47.2 Å². The van der Waals surface area contributed by atoms with E-state index in [-0.39, 0.29) is 5.75 Å². The normalized spacial score (nSPS) is 14.3. The molecule has 1 aliphatic rings. The summed E-state index contributed by atoms with van der Waals surface area (Å²) < 4.78 is 2.11. The third kappa shape index (κ3) is 2.87. The topological polar surface area (TPSA) is 63.0 Å². The van der Waals surface area contributed by atoms with Crippen molar-refractivity contribution < 1.29 is 5.11 Å². The minimum absolute atomic E-state index is 0.244. The first-order valence-electron chi connectivity index (χ1n) is 7.41. The van der Waals surface area contributed by atoms with Crippen LogP contribution >= 0.6 is 30.3 Å². The van der Waals surface area contributed by atoms with Gasteiger partial charge in [0.15, 0.2) is 11.5 Å². The maximum atomic E-state index is 9.48. The van der Waals surface area contributed by atoms with Crippen molar-refractivity contribution in [2.45, 2.75) is 25.8 Å². The lowest BCUT2D eigenvalue weighted by molar-refractivity contribution is 0.475. The fourth-order valence-corrected chi connectivity index (χ4v) is 4.40. The van der Waals surface area contributed by atoms with Crippen molar-refractivity contribution in [3.8, 4) is 17.1 Å². The highest BCUT2D eigenvalue weighted by Gasteiger charge is 2.24. The van der Waals surface area contributed by atoms with Crippen LogP contribution < -0.4 is 5.32 Å². The highest BCUT2D eigenvalue weighted by Crippen LogP contribution is 2.34. The van der Waals surface area contributed by atoms with Gasteiger partial charge in [-0.2, -0.15) is 0 Å². The molecule has 0 spiro atoms. The lowest BCUT2D eigenvalue weighted by Crippen LogP contribution is -2.05. The number of fused-ring (bicyclic) bond motifs is 1. The molecule has 0 aliphatic heterocycles. The van der Waals surface area contributed by atoms with Gasteiger partial charge < -0.3 is 10.4 Å². The lowest BCUT2D eigenvalue weighted by atomic mass is 10.2. The fraction of sp³-hybridized carbons (Fsp3) is 0.250. The summed E-state index contributed by atoms with van der Waals surface area (Å²) >= 11 is 2.27. The summed E-state index contributed by atoms with van der Waals surface area (Å²) in [7, 11) is 1.61. The van der Waals surface area contributed by atoms with E-state index in [1.807, 2.05) is 12.1 Å². The summed E-state index contributed by atoms with van der Waals surface area (Å²) in [5.74, 6) is 1.81.